The van der Waals surface area contributed by atoms with E-state index in [-0.39, 0.29) is 6.10 Å². The Morgan fingerprint density at radius 3 is 2.80 bits per heavy atom. The highest BCUT2D eigenvalue weighted by atomic mass is 32.1. The lowest BCUT2D eigenvalue weighted by Gasteiger charge is -2.20. The monoisotopic (exact) mass is 358 g/mol. The summed E-state index contributed by atoms with van der Waals surface area (Å²) in [5.41, 5.74) is 1.01. The van der Waals surface area contributed by atoms with E-state index in [0.717, 1.165) is 16.3 Å². The fraction of sp³-hybridized carbons (Fsp3) is 0.389. The van der Waals surface area contributed by atoms with Crippen LogP contribution in [0, 0.1) is 0 Å². The van der Waals surface area contributed by atoms with Gasteiger partial charge in [-0.15, -0.1) is 16.4 Å². The smallest absolute Gasteiger partial charge is 0.132 e. The third-order valence-corrected chi connectivity index (χ3v) is 5.09. The Hall–Kier alpha value is -2.09. The van der Waals surface area contributed by atoms with Gasteiger partial charge in [0, 0.05) is 12.0 Å². The largest absolute Gasteiger partial charge is 0.379 e. The third kappa shape index (κ3) is 3.95. The van der Waals surface area contributed by atoms with Crippen molar-refractivity contribution in [1.29, 1.82) is 0 Å². The number of ether oxygens (including phenoxy) is 1. The standard InChI is InChI=1S/C18H22N4O2S/c1-4-24-13(2)17-19-15(12-25-17)10-22-11-16(20-21-22)18(3,23)14-8-6-5-7-9-14/h5-9,11-13,23H,4,10H2,1-3H3. The Labute approximate surface area is 151 Å². The Morgan fingerprint density at radius 1 is 1.32 bits per heavy atom. The lowest BCUT2D eigenvalue weighted by atomic mass is 9.93. The van der Waals surface area contributed by atoms with Crippen molar-refractivity contribution in [3.8, 4) is 0 Å². The zero-order chi connectivity index (χ0) is 17.9. The zero-order valence-electron chi connectivity index (χ0n) is 14.6. The van der Waals surface area contributed by atoms with Crippen LogP contribution in [0.4, 0.5) is 0 Å². The van der Waals surface area contributed by atoms with E-state index in [1.807, 2.05) is 49.6 Å². The molecule has 0 aliphatic carbocycles. The molecule has 0 saturated heterocycles. The van der Waals surface area contributed by atoms with Gasteiger partial charge in [-0.05, 0) is 26.3 Å². The van der Waals surface area contributed by atoms with Gasteiger partial charge in [-0.1, -0.05) is 35.5 Å². The van der Waals surface area contributed by atoms with Crippen LogP contribution in [0.1, 0.15) is 48.8 Å². The Bertz CT molecular complexity index is 813. The molecule has 1 aromatic carbocycles. The molecule has 1 N–H and O–H groups in total. The lowest BCUT2D eigenvalue weighted by molar-refractivity contribution is 0.0761. The van der Waals surface area contributed by atoms with Crippen molar-refractivity contribution in [3.63, 3.8) is 0 Å². The van der Waals surface area contributed by atoms with E-state index in [1.54, 1.807) is 29.1 Å². The molecule has 0 spiro atoms. The van der Waals surface area contributed by atoms with Crippen LogP contribution in [-0.4, -0.2) is 31.7 Å². The molecule has 6 nitrogen and oxygen atoms in total. The van der Waals surface area contributed by atoms with E-state index in [4.69, 9.17) is 4.74 Å². The van der Waals surface area contributed by atoms with Crippen molar-refractivity contribution in [2.45, 2.75) is 39.0 Å². The predicted molar refractivity (Wildman–Crippen MR) is 96.4 cm³/mol. The van der Waals surface area contributed by atoms with Gasteiger partial charge < -0.3 is 9.84 Å². The fourth-order valence-corrected chi connectivity index (χ4v) is 3.39. The van der Waals surface area contributed by atoms with Gasteiger partial charge in [0.2, 0.25) is 0 Å². The number of benzene rings is 1. The molecule has 2 heterocycles. The summed E-state index contributed by atoms with van der Waals surface area (Å²) in [7, 11) is 0. The van der Waals surface area contributed by atoms with Gasteiger partial charge in [0.15, 0.2) is 0 Å². The van der Waals surface area contributed by atoms with Crippen LogP contribution in [0.5, 0.6) is 0 Å². The van der Waals surface area contributed by atoms with Gasteiger partial charge in [0.05, 0.1) is 18.4 Å². The Kier molecular flexibility index (Phi) is 5.27. The second-order valence-corrected chi connectivity index (χ2v) is 6.90. The van der Waals surface area contributed by atoms with Crippen molar-refractivity contribution in [2.75, 3.05) is 6.61 Å². The molecular formula is C18H22N4O2S. The minimum Gasteiger partial charge on any atom is -0.379 e. The van der Waals surface area contributed by atoms with Crippen molar-refractivity contribution in [1.82, 2.24) is 20.0 Å². The molecule has 0 aliphatic rings. The molecule has 3 aromatic rings. The SMILES string of the molecule is CCOC(C)c1nc(Cn2cc(C(C)(O)c3ccccc3)nn2)cs1. The van der Waals surface area contributed by atoms with Crippen molar-refractivity contribution < 1.29 is 9.84 Å². The second-order valence-electron chi connectivity index (χ2n) is 6.01. The number of nitrogens with zero attached hydrogens (tertiary/aromatic N) is 4. The maximum Gasteiger partial charge on any atom is 0.132 e. The van der Waals surface area contributed by atoms with Gasteiger partial charge in [-0.2, -0.15) is 0 Å². The summed E-state index contributed by atoms with van der Waals surface area (Å²) < 4.78 is 7.26. The zero-order valence-corrected chi connectivity index (χ0v) is 15.4. The number of thiazole rings is 1. The van der Waals surface area contributed by atoms with Crippen LogP contribution in [0.25, 0.3) is 0 Å². The highest BCUT2D eigenvalue weighted by molar-refractivity contribution is 7.09. The van der Waals surface area contributed by atoms with E-state index in [9.17, 15) is 5.11 Å². The first-order chi connectivity index (χ1) is 12.0. The van der Waals surface area contributed by atoms with Crippen LogP contribution in [0.2, 0.25) is 0 Å². The fourth-order valence-electron chi connectivity index (χ4n) is 2.58. The maximum atomic E-state index is 10.8. The van der Waals surface area contributed by atoms with Crippen LogP contribution in [0.15, 0.2) is 41.9 Å². The first-order valence-electron chi connectivity index (χ1n) is 8.25. The molecule has 25 heavy (non-hydrogen) atoms. The van der Waals surface area contributed by atoms with Crippen LogP contribution in [-0.2, 0) is 16.9 Å². The number of aliphatic hydroxyl groups is 1. The average Bonchev–Trinajstić information content (AvgIpc) is 3.26. The summed E-state index contributed by atoms with van der Waals surface area (Å²) in [5, 5.41) is 22.1. The van der Waals surface area contributed by atoms with E-state index < -0.39 is 5.60 Å². The minimum atomic E-state index is -1.18. The number of hydrogen-bond donors (Lipinski definition) is 1. The molecule has 0 saturated carbocycles. The molecule has 7 heteroatoms. The normalized spacial score (nSPS) is 15.0. The van der Waals surface area contributed by atoms with Gasteiger partial charge in [-0.3, -0.25) is 0 Å². The minimum absolute atomic E-state index is 0.00567. The quantitative estimate of drug-likeness (QED) is 0.702. The number of aromatic nitrogens is 4. The molecule has 0 fully saturated rings. The van der Waals surface area contributed by atoms with Gasteiger partial charge in [-0.25, -0.2) is 9.67 Å². The van der Waals surface area contributed by atoms with E-state index in [0.29, 0.717) is 18.8 Å². The van der Waals surface area contributed by atoms with Crippen molar-refractivity contribution in [2.24, 2.45) is 0 Å². The summed E-state index contributed by atoms with van der Waals surface area (Å²) in [4.78, 5) is 4.60. The molecule has 3 rings (SSSR count). The first kappa shape index (κ1) is 17.7. The van der Waals surface area contributed by atoms with Crippen molar-refractivity contribution in [3.05, 3.63) is 63.9 Å². The molecule has 0 bridgehead atoms. The lowest BCUT2D eigenvalue weighted by Crippen LogP contribution is -2.23. The van der Waals surface area contributed by atoms with E-state index in [1.165, 1.54) is 0 Å². The molecule has 2 unspecified atom stereocenters. The van der Waals surface area contributed by atoms with Crippen LogP contribution in [0.3, 0.4) is 0 Å². The molecule has 2 aromatic heterocycles. The first-order valence-corrected chi connectivity index (χ1v) is 9.13. The van der Waals surface area contributed by atoms with E-state index >= 15 is 0 Å². The van der Waals surface area contributed by atoms with Crippen molar-refractivity contribution >= 4 is 11.3 Å². The molecule has 0 radical (unpaired) electrons. The van der Waals surface area contributed by atoms with Gasteiger partial charge in [0.25, 0.3) is 0 Å². The molecule has 0 aliphatic heterocycles. The molecule has 2 atom stereocenters. The number of hydrogen-bond acceptors (Lipinski definition) is 6. The van der Waals surface area contributed by atoms with E-state index in [2.05, 4.69) is 15.3 Å². The Balaban J connectivity index is 1.74. The average molecular weight is 358 g/mol. The highest BCUT2D eigenvalue weighted by Gasteiger charge is 2.29. The second kappa shape index (κ2) is 7.43. The topological polar surface area (TPSA) is 73.1 Å². The van der Waals surface area contributed by atoms with Gasteiger partial charge in [0.1, 0.15) is 22.4 Å². The predicted octanol–water partition coefficient (Wildman–Crippen LogP) is 3.14. The van der Waals surface area contributed by atoms with Gasteiger partial charge >= 0.3 is 0 Å². The summed E-state index contributed by atoms with van der Waals surface area (Å²) in [6.45, 7) is 6.86. The summed E-state index contributed by atoms with van der Waals surface area (Å²) in [6, 6.07) is 9.45. The summed E-state index contributed by atoms with van der Waals surface area (Å²) in [6.07, 6.45) is 1.76. The van der Waals surface area contributed by atoms with Crippen LogP contribution < -0.4 is 0 Å². The molecular weight excluding hydrogens is 336 g/mol. The highest BCUT2D eigenvalue weighted by Crippen LogP contribution is 2.27. The number of rotatable bonds is 7. The summed E-state index contributed by atoms with van der Waals surface area (Å²) >= 11 is 1.58. The third-order valence-electron chi connectivity index (χ3n) is 4.03. The molecule has 132 valence electrons. The van der Waals surface area contributed by atoms with Crippen LogP contribution >= 0.6 is 11.3 Å². The summed E-state index contributed by atoms with van der Waals surface area (Å²) in [5.74, 6) is 0. The maximum absolute atomic E-state index is 10.8. The Morgan fingerprint density at radius 2 is 2.08 bits per heavy atom. The molecule has 0 amide bonds.